The van der Waals surface area contributed by atoms with Crippen molar-refractivity contribution in [2.75, 3.05) is 0 Å². The highest BCUT2D eigenvalue weighted by Gasteiger charge is 2.08. The van der Waals surface area contributed by atoms with Crippen molar-refractivity contribution in [1.29, 1.82) is 0 Å². The first-order chi connectivity index (χ1) is 7.65. The van der Waals surface area contributed by atoms with Gasteiger partial charge in [0.15, 0.2) is 0 Å². The Morgan fingerprint density at radius 2 is 1.44 bits per heavy atom. The van der Waals surface area contributed by atoms with Crippen molar-refractivity contribution in [3.63, 3.8) is 0 Å². The molecular weight excluding hydrogens is 283 g/mol. The quantitative estimate of drug-likeness (QED) is 0.474. The molecule has 1 aromatic heterocycles. The molecule has 0 aliphatic rings. The topological polar surface area (TPSA) is 0 Å². The van der Waals surface area contributed by atoms with Crippen molar-refractivity contribution in [2.24, 2.45) is 0 Å². The van der Waals surface area contributed by atoms with Gasteiger partial charge < -0.3 is 0 Å². The minimum absolute atomic E-state index is 0.578. The lowest BCUT2D eigenvalue weighted by molar-refractivity contribution is 1.83. The lowest BCUT2D eigenvalue weighted by Gasteiger charge is -1.96. The summed E-state index contributed by atoms with van der Waals surface area (Å²) in [5, 5.41) is 4.14. The van der Waals surface area contributed by atoms with E-state index in [0.717, 1.165) is 20.5 Å². The summed E-state index contributed by atoms with van der Waals surface area (Å²) in [4.78, 5) is 0. The molecule has 16 heavy (non-hydrogen) atoms. The molecule has 2 aromatic carbocycles. The monoisotopic (exact) mass is 286 g/mol. The van der Waals surface area contributed by atoms with E-state index < -0.39 is 0 Å². The molecular formula is C12H5Cl3S. The van der Waals surface area contributed by atoms with E-state index >= 15 is 0 Å². The summed E-state index contributed by atoms with van der Waals surface area (Å²) in [5.74, 6) is 0. The number of hydrogen-bond donors (Lipinski definition) is 0. The third kappa shape index (κ3) is 1.59. The largest absolute Gasteiger partial charge is 0.135 e. The Balaban J connectivity index is 2.53. The Hall–Kier alpha value is -0.470. The summed E-state index contributed by atoms with van der Waals surface area (Å²) in [6.07, 6.45) is 0. The molecule has 0 fully saturated rings. The molecule has 0 amide bonds. The number of rotatable bonds is 0. The van der Waals surface area contributed by atoms with E-state index in [9.17, 15) is 0 Å². The summed E-state index contributed by atoms with van der Waals surface area (Å²) in [6.45, 7) is 0. The number of thiophene rings is 1. The lowest BCUT2D eigenvalue weighted by Crippen LogP contribution is -1.70. The first kappa shape index (κ1) is 10.7. The van der Waals surface area contributed by atoms with Crippen LogP contribution in [0.3, 0.4) is 0 Å². The first-order valence-electron chi connectivity index (χ1n) is 4.62. The maximum Gasteiger partial charge on any atom is 0.0606 e. The highest BCUT2D eigenvalue weighted by Crippen LogP contribution is 2.39. The molecule has 0 bridgehead atoms. The van der Waals surface area contributed by atoms with Crippen molar-refractivity contribution in [3.05, 3.63) is 45.4 Å². The minimum atomic E-state index is 0.578. The molecule has 3 aromatic rings. The van der Waals surface area contributed by atoms with Gasteiger partial charge in [-0.15, -0.1) is 11.3 Å². The maximum atomic E-state index is 6.02. The van der Waals surface area contributed by atoms with Crippen molar-refractivity contribution < 1.29 is 0 Å². The summed E-state index contributed by atoms with van der Waals surface area (Å²) in [5.41, 5.74) is 0. The Morgan fingerprint density at radius 1 is 0.750 bits per heavy atom. The zero-order chi connectivity index (χ0) is 11.3. The SMILES string of the molecule is Clc1ccc2sc3cc(Cl)c(Cl)cc3c2c1. The summed E-state index contributed by atoms with van der Waals surface area (Å²) in [6, 6.07) is 9.67. The fourth-order valence-corrected chi connectivity index (χ4v) is 3.42. The molecule has 0 aliphatic carbocycles. The number of hydrogen-bond acceptors (Lipinski definition) is 1. The van der Waals surface area contributed by atoms with Crippen LogP contribution in [0.1, 0.15) is 0 Å². The summed E-state index contributed by atoms with van der Waals surface area (Å²) < 4.78 is 2.32. The predicted molar refractivity (Wildman–Crippen MR) is 74.4 cm³/mol. The average molecular weight is 288 g/mol. The Labute approximate surface area is 111 Å². The van der Waals surface area contributed by atoms with E-state index in [1.165, 1.54) is 4.70 Å². The molecule has 0 radical (unpaired) electrons. The van der Waals surface area contributed by atoms with Crippen LogP contribution in [-0.4, -0.2) is 0 Å². The smallest absolute Gasteiger partial charge is 0.0606 e. The number of benzene rings is 2. The van der Waals surface area contributed by atoms with Crippen LogP contribution in [0.4, 0.5) is 0 Å². The van der Waals surface area contributed by atoms with Crippen molar-refractivity contribution in [3.8, 4) is 0 Å². The summed E-state index contributed by atoms with van der Waals surface area (Å²) in [7, 11) is 0. The van der Waals surface area contributed by atoms with Crippen LogP contribution in [0.5, 0.6) is 0 Å². The van der Waals surface area contributed by atoms with E-state index in [0.29, 0.717) is 10.0 Å². The molecule has 0 saturated carbocycles. The fraction of sp³-hybridized carbons (Fsp3) is 0. The molecule has 0 unspecified atom stereocenters. The van der Waals surface area contributed by atoms with Gasteiger partial charge in [-0.05, 0) is 30.3 Å². The van der Waals surface area contributed by atoms with Gasteiger partial charge in [0.25, 0.3) is 0 Å². The van der Waals surface area contributed by atoms with Gasteiger partial charge in [-0.1, -0.05) is 34.8 Å². The Kier molecular flexibility index (Phi) is 2.52. The van der Waals surface area contributed by atoms with Crippen LogP contribution < -0.4 is 0 Å². The molecule has 0 nitrogen and oxygen atoms in total. The van der Waals surface area contributed by atoms with Gasteiger partial charge in [0.05, 0.1) is 10.0 Å². The molecule has 0 N–H and O–H groups in total. The van der Waals surface area contributed by atoms with Gasteiger partial charge in [-0.2, -0.15) is 0 Å². The molecule has 0 atom stereocenters. The number of halogens is 3. The molecule has 3 rings (SSSR count). The van der Waals surface area contributed by atoms with Crippen LogP contribution in [-0.2, 0) is 0 Å². The Morgan fingerprint density at radius 3 is 2.25 bits per heavy atom. The van der Waals surface area contributed by atoms with Gasteiger partial charge in [-0.3, -0.25) is 0 Å². The molecule has 0 spiro atoms. The van der Waals surface area contributed by atoms with E-state index in [2.05, 4.69) is 0 Å². The third-order valence-electron chi connectivity index (χ3n) is 2.47. The van der Waals surface area contributed by atoms with Crippen LogP contribution in [0.15, 0.2) is 30.3 Å². The lowest BCUT2D eigenvalue weighted by atomic mass is 10.1. The molecule has 1 heterocycles. The van der Waals surface area contributed by atoms with Crippen LogP contribution in [0.2, 0.25) is 15.1 Å². The molecule has 80 valence electrons. The van der Waals surface area contributed by atoms with Crippen LogP contribution in [0.25, 0.3) is 20.2 Å². The Bertz CT molecular complexity index is 700. The zero-order valence-corrected chi connectivity index (χ0v) is 11.0. The van der Waals surface area contributed by atoms with E-state index in [-0.39, 0.29) is 0 Å². The first-order valence-corrected chi connectivity index (χ1v) is 6.57. The number of fused-ring (bicyclic) bond motifs is 3. The second-order valence-electron chi connectivity index (χ2n) is 3.51. The second kappa shape index (κ2) is 3.78. The minimum Gasteiger partial charge on any atom is -0.135 e. The van der Waals surface area contributed by atoms with Gasteiger partial charge in [0.1, 0.15) is 0 Å². The van der Waals surface area contributed by atoms with Crippen molar-refractivity contribution in [2.45, 2.75) is 0 Å². The van der Waals surface area contributed by atoms with Crippen molar-refractivity contribution in [1.82, 2.24) is 0 Å². The van der Waals surface area contributed by atoms with Crippen molar-refractivity contribution >= 4 is 66.3 Å². The van der Waals surface area contributed by atoms with Gasteiger partial charge in [0.2, 0.25) is 0 Å². The highest BCUT2D eigenvalue weighted by molar-refractivity contribution is 7.25. The van der Waals surface area contributed by atoms with Gasteiger partial charge in [-0.25, -0.2) is 0 Å². The maximum absolute atomic E-state index is 6.02. The van der Waals surface area contributed by atoms with E-state index in [1.807, 2.05) is 30.3 Å². The molecule has 4 heteroatoms. The third-order valence-corrected chi connectivity index (χ3v) is 4.57. The molecule has 0 aliphatic heterocycles. The van der Waals surface area contributed by atoms with Gasteiger partial charge in [0, 0.05) is 25.2 Å². The van der Waals surface area contributed by atoms with Crippen LogP contribution >= 0.6 is 46.1 Å². The second-order valence-corrected chi connectivity index (χ2v) is 5.84. The average Bonchev–Trinajstić information content (AvgIpc) is 2.57. The predicted octanol–water partition coefficient (Wildman–Crippen LogP) is 6.01. The van der Waals surface area contributed by atoms with E-state index in [1.54, 1.807) is 11.3 Å². The highest BCUT2D eigenvalue weighted by atomic mass is 35.5. The summed E-state index contributed by atoms with van der Waals surface area (Å²) >= 11 is 19.7. The van der Waals surface area contributed by atoms with Gasteiger partial charge >= 0.3 is 0 Å². The normalized spacial score (nSPS) is 11.4. The van der Waals surface area contributed by atoms with E-state index in [4.69, 9.17) is 34.8 Å². The van der Waals surface area contributed by atoms with Crippen LogP contribution in [0, 0.1) is 0 Å². The standard InChI is InChI=1S/C12H5Cl3S/c13-6-1-2-11-7(3-6)8-4-9(14)10(15)5-12(8)16-11/h1-5H. The fourth-order valence-electron chi connectivity index (χ4n) is 1.74. The zero-order valence-electron chi connectivity index (χ0n) is 7.93. The molecule has 0 saturated heterocycles.